The van der Waals surface area contributed by atoms with E-state index in [4.69, 9.17) is 11.6 Å². The Labute approximate surface area is 205 Å². The van der Waals surface area contributed by atoms with Gasteiger partial charge in [-0.25, -0.2) is 4.39 Å². The van der Waals surface area contributed by atoms with Crippen molar-refractivity contribution in [2.45, 2.75) is 39.3 Å². The van der Waals surface area contributed by atoms with Crippen LogP contribution in [0.4, 0.5) is 4.39 Å². The molecular weight excluding hydrogens is 451 g/mol. The van der Waals surface area contributed by atoms with Crippen LogP contribution in [0.3, 0.4) is 0 Å². The first-order chi connectivity index (χ1) is 16.3. The highest BCUT2D eigenvalue weighted by molar-refractivity contribution is 6.31. The second kappa shape index (κ2) is 12.3. The zero-order valence-corrected chi connectivity index (χ0v) is 20.3. The average molecular weight is 481 g/mol. The standard InChI is InChI=1S/C28H30ClFN2O2/c1-20(2)18-31-28(34)26(16-21-8-4-3-5-9-21)32(19-22-12-14-24(30)15-13-22)27(33)17-23-10-6-7-11-25(23)29/h3-15,20,26H,16-19H2,1-2H3,(H,31,34). The Morgan fingerprint density at radius 2 is 1.56 bits per heavy atom. The van der Waals surface area contributed by atoms with E-state index in [1.807, 2.05) is 56.3 Å². The van der Waals surface area contributed by atoms with Crippen molar-refractivity contribution in [1.82, 2.24) is 10.2 Å². The second-order valence-corrected chi connectivity index (χ2v) is 9.17. The maximum atomic E-state index is 13.6. The van der Waals surface area contributed by atoms with Gasteiger partial charge in [-0.1, -0.05) is 86.1 Å². The number of amides is 2. The van der Waals surface area contributed by atoms with Crippen molar-refractivity contribution >= 4 is 23.4 Å². The van der Waals surface area contributed by atoms with E-state index in [1.54, 1.807) is 29.2 Å². The minimum Gasteiger partial charge on any atom is -0.354 e. The van der Waals surface area contributed by atoms with Gasteiger partial charge in [0.15, 0.2) is 0 Å². The predicted molar refractivity (Wildman–Crippen MR) is 134 cm³/mol. The number of benzene rings is 3. The number of nitrogens with zero attached hydrogens (tertiary/aromatic N) is 1. The maximum Gasteiger partial charge on any atom is 0.243 e. The van der Waals surface area contributed by atoms with Gasteiger partial charge in [-0.15, -0.1) is 0 Å². The number of nitrogens with one attached hydrogen (secondary N) is 1. The summed E-state index contributed by atoms with van der Waals surface area (Å²) < 4.78 is 13.5. The number of carbonyl (C=O) groups excluding carboxylic acids is 2. The highest BCUT2D eigenvalue weighted by Gasteiger charge is 2.30. The molecule has 3 rings (SSSR count). The van der Waals surface area contributed by atoms with Gasteiger partial charge in [-0.3, -0.25) is 9.59 Å². The van der Waals surface area contributed by atoms with Crippen molar-refractivity contribution in [2.75, 3.05) is 6.54 Å². The predicted octanol–water partition coefficient (Wildman–Crippen LogP) is 5.43. The molecule has 3 aromatic rings. The number of rotatable bonds is 10. The summed E-state index contributed by atoms with van der Waals surface area (Å²) in [5.74, 6) is -0.524. The Morgan fingerprint density at radius 3 is 2.21 bits per heavy atom. The summed E-state index contributed by atoms with van der Waals surface area (Å²) in [5, 5.41) is 3.49. The van der Waals surface area contributed by atoms with Crippen LogP contribution in [0.2, 0.25) is 5.02 Å². The summed E-state index contributed by atoms with van der Waals surface area (Å²) in [7, 11) is 0. The molecule has 1 N–H and O–H groups in total. The zero-order valence-electron chi connectivity index (χ0n) is 19.5. The van der Waals surface area contributed by atoms with Gasteiger partial charge in [-0.05, 0) is 40.8 Å². The van der Waals surface area contributed by atoms with Crippen LogP contribution in [0.25, 0.3) is 0 Å². The Hall–Kier alpha value is -3.18. The van der Waals surface area contributed by atoms with E-state index in [-0.39, 0.29) is 36.5 Å². The molecule has 0 fully saturated rings. The smallest absolute Gasteiger partial charge is 0.243 e. The van der Waals surface area contributed by atoms with Gasteiger partial charge in [0.2, 0.25) is 11.8 Å². The van der Waals surface area contributed by atoms with Crippen LogP contribution in [-0.4, -0.2) is 29.3 Å². The first-order valence-electron chi connectivity index (χ1n) is 11.4. The molecule has 6 heteroatoms. The third kappa shape index (κ3) is 7.42. The van der Waals surface area contributed by atoms with Crippen LogP contribution in [-0.2, 0) is 29.0 Å². The van der Waals surface area contributed by atoms with Crippen molar-refractivity contribution in [3.8, 4) is 0 Å². The van der Waals surface area contributed by atoms with Gasteiger partial charge in [0, 0.05) is 24.5 Å². The molecule has 2 amide bonds. The number of halogens is 2. The third-order valence-corrected chi connectivity index (χ3v) is 5.89. The van der Waals surface area contributed by atoms with Crippen molar-refractivity contribution in [1.29, 1.82) is 0 Å². The molecule has 0 aliphatic rings. The largest absolute Gasteiger partial charge is 0.354 e. The van der Waals surface area contributed by atoms with Crippen LogP contribution in [0.15, 0.2) is 78.9 Å². The van der Waals surface area contributed by atoms with E-state index < -0.39 is 6.04 Å². The lowest BCUT2D eigenvalue weighted by molar-refractivity contribution is -0.140. The molecule has 0 radical (unpaired) electrons. The molecule has 0 spiro atoms. The number of carbonyl (C=O) groups is 2. The first kappa shape index (κ1) is 25.4. The first-order valence-corrected chi connectivity index (χ1v) is 11.8. The quantitative estimate of drug-likeness (QED) is 0.420. The Kier molecular flexibility index (Phi) is 9.23. The molecule has 0 saturated carbocycles. The fourth-order valence-corrected chi connectivity index (χ4v) is 3.87. The Balaban J connectivity index is 1.96. The van der Waals surface area contributed by atoms with Gasteiger partial charge >= 0.3 is 0 Å². The SMILES string of the molecule is CC(C)CNC(=O)C(Cc1ccccc1)N(Cc1ccc(F)cc1)C(=O)Cc1ccccc1Cl. The second-order valence-electron chi connectivity index (χ2n) is 8.76. The number of hydrogen-bond acceptors (Lipinski definition) is 2. The molecule has 0 bridgehead atoms. The zero-order chi connectivity index (χ0) is 24.5. The average Bonchev–Trinajstić information content (AvgIpc) is 2.83. The van der Waals surface area contributed by atoms with Crippen molar-refractivity contribution in [3.05, 3.63) is 106 Å². The van der Waals surface area contributed by atoms with Crippen LogP contribution in [0.1, 0.15) is 30.5 Å². The molecule has 1 unspecified atom stereocenters. The van der Waals surface area contributed by atoms with E-state index in [0.717, 1.165) is 11.1 Å². The summed E-state index contributed by atoms with van der Waals surface area (Å²) in [6, 6.07) is 22.1. The Bertz CT molecular complexity index is 1090. The summed E-state index contributed by atoms with van der Waals surface area (Å²) in [4.78, 5) is 28.6. The maximum absolute atomic E-state index is 13.6. The topological polar surface area (TPSA) is 49.4 Å². The van der Waals surface area contributed by atoms with Gasteiger partial charge in [0.05, 0.1) is 6.42 Å². The summed E-state index contributed by atoms with van der Waals surface area (Å²) >= 11 is 6.32. The molecule has 0 aliphatic carbocycles. The van der Waals surface area contributed by atoms with Crippen LogP contribution >= 0.6 is 11.6 Å². The molecule has 1 atom stereocenters. The molecule has 0 aromatic heterocycles. The highest BCUT2D eigenvalue weighted by atomic mass is 35.5. The van der Waals surface area contributed by atoms with Gasteiger partial charge in [0.1, 0.15) is 11.9 Å². The fourth-order valence-electron chi connectivity index (χ4n) is 3.67. The minimum absolute atomic E-state index is 0.0591. The van der Waals surface area contributed by atoms with Crippen LogP contribution in [0.5, 0.6) is 0 Å². The molecule has 0 heterocycles. The van der Waals surface area contributed by atoms with E-state index in [9.17, 15) is 14.0 Å². The molecule has 178 valence electrons. The summed E-state index contributed by atoms with van der Waals surface area (Å²) in [6.07, 6.45) is 0.420. The van der Waals surface area contributed by atoms with Crippen LogP contribution < -0.4 is 5.32 Å². The van der Waals surface area contributed by atoms with Crippen molar-refractivity contribution < 1.29 is 14.0 Å². The molecule has 0 saturated heterocycles. The monoisotopic (exact) mass is 480 g/mol. The van der Waals surface area contributed by atoms with Crippen molar-refractivity contribution in [2.24, 2.45) is 5.92 Å². The van der Waals surface area contributed by atoms with E-state index in [0.29, 0.717) is 23.6 Å². The van der Waals surface area contributed by atoms with E-state index in [2.05, 4.69) is 5.32 Å². The van der Waals surface area contributed by atoms with E-state index in [1.165, 1.54) is 12.1 Å². The minimum atomic E-state index is -0.735. The van der Waals surface area contributed by atoms with Gasteiger partial charge in [-0.2, -0.15) is 0 Å². The molecule has 4 nitrogen and oxygen atoms in total. The normalized spacial score (nSPS) is 11.8. The van der Waals surface area contributed by atoms with Gasteiger partial charge < -0.3 is 10.2 Å². The molecule has 34 heavy (non-hydrogen) atoms. The lowest BCUT2D eigenvalue weighted by Crippen LogP contribution is -2.51. The molecule has 3 aromatic carbocycles. The van der Waals surface area contributed by atoms with Crippen molar-refractivity contribution in [3.63, 3.8) is 0 Å². The summed E-state index contributed by atoms with van der Waals surface area (Å²) in [5.41, 5.74) is 2.38. The molecular formula is C28H30ClFN2O2. The third-order valence-electron chi connectivity index (χ3n) is 5.52. The van der Waals surface area contributed by atoms with Gasteiger partial charge in [0.25, 0.3) is 0 Å². The van der Waals surface area contributed by atoms with Crippen LogP contribution in [0, 0.1) is 11.7 Å². The summed E-state index contributed by atoms with van der Waals surface area (Å²) in [6.45, 7) is 4.72. The molecule has 0 aliphatic heterocycles. The number of hydrogen-bond donors (Lipinski definition) is 1. The fraction of sp³-hybridized carbons (Fsp3) is 0.286. The Morgan fingerprint density at radius 1 is 0.912 bits per heavy atom. The lowest BCUT2D eigenvalue weighted by atomic mass is 10.0. The lowest BCUT2D eigenvalue weighted by Gasteiger charge is -2.32. The van der Waals surface area contributed by atoms with E-state index >= 15 is 0 Å². The highest BCUT2D eigenvalue weighted by Crippen LogP contribution is 2.20.